The van der Waals surface area contributed by atoms with Gasteiger partial charge in [0.15, 0.2) is 0 Å². The van der Waals surface area contributed by atoms with E-state index in [1.165, 1.54) is 72.1 Å². The number of furan rings is 1. The molecule has 0 unspecified atom stereocenters. The van der Waals surface area contributed by atoms with E-state index in [9.17, 15) is 0 Å². The van der Waals surface area contributed by atoms with Gasteiger partial charge in [0.2, 0.25) is 0 Å². The molecule has 12 rings (SSSR count). The Bertz CT molecular complexity index is 3250. The van der Waals surface area contributed by atoms with Crippen LogP contribution in [0.15, 0.2) is 229 Å². The van der Waals surface area contributed by atoms with Crippen LogP contribution >= 0.6 is 0 Å². The van der Waals surface area contributed by atoms with E-state index in [1.807, 2.05) is 0 Å². The summed E-state index contributed by atoms with van der Waals surface area (Å²) < 4.78 is 6.69. The van der Waals surface area contributed by atoms with Crippen LogP contribution in [0.2, 0.25) is 0 Å². The highest BCUT2D eigenvalue weighted by atomic mass is 16.3. The number of nitrogens with zero attached hydrogens (tertiary/aromatic N) is 1. The summed E-state index contributed by atoms with van der Waals surface area (Å²) >= 11 is 0. The second kappa shape index (κ2) is 13.9. The monoisotopic (exact) mass is 793 g/mol. The van der Waals surface area contributed by atoms with Gasteiger partial charge in [0.1, 0.15) is 11.3 Å². The van der Waals surface area contributed by atoms with Crippen LogP contribution < -0.4 is 4.90 Å². The second-order valence-corrected chi connectivity index (χ2v) is 17.2. The molecule has 2 nitrogen and oxygen atoms in total. The number of benzene rings is 9. The van der Waals surface area contributed by atoms with Crippen LogP contribution in [0, 0.1) is 0 Å². The van der Waals surface area contributed by atoms with Crippen molar-refractivity contribution in [1.29, 1.82) is 0 Å². The Morgan fingerprint density at radius 1 is 0.387 bits per heavy atom. The van der Waals surface area contributed by atoms with Gasteiger partial charge in [-0.1, -0.05) is 196 Å². The van der Waals surface area contributed by atoms with Crippen molar-refractivity contribution < 1.29 is 4.42 Å². The first-order chi connectivity index (χ1) is 30.5. The molecule has 0 bridgehead atoms. The van der Waals surface area contributed by atoms with Crippen LogP contribution in [-0.4, -0.2) is 0 Å². The maximum Gasteiger partial charge on any atom is 0.140 e. The fourth-order valence-electron chi connectivity index (χ4n) is 10.8. The van der Waals surface area contributed by atoms with Crippen molar-refractivity contribution in [3.05, 3.63) is 258 Å². The molecule has 0 spiro atoms. The van der Waals surface area contributed by atoms with Gasteiger partial charge in [0, 0.05) is 39.0 Å². The van der Waals surface area contributed by atoms with E-state index in [1.54, 1.807) is 0 Å². The Morgan fingerprint density at radius 3 is 1.60 bits per heavy atom. The number of fused-ring (bicyclic) bond motifs is 8. The molecule has 0 fully saturated rings. The average molecular weight is 794 g/mol. The van der Waals surface area contributed by atoms with E-state index >= 15 is 0 Å². The molecular weight excluding hydrogens is 751 g/mol. The summed E-state index contributed by atoms with van der Waals surface area (Å²) in [6, 6.07) is 82.1. The van der Waals surface area contributed by atoms with Gasteiger partial charge in [-0.15, -0.1) is 0 Å². The number of anilines is 3. The highest BCUT2D eigenvalue weighted by Gasteiger charge is 2.46. The van der Waals surface area contributed by atoms with Gasteiger partial charge < -0.3 is 9.32 Å². The summed E-state index contributed by atoms with van der Waals surface area (Å²) in [5, 5.41) is 1.19. The first kappa shape index (κ1) is 36.2. The third-order valence-electron chi connectivity index (χ3n) is 13.6. The minimum Gasteiger partial charge on any atom is -0.456 e. The Balaban J connectivity index is 1.04. The van der Waals surface area contributed by atoms with Crippen molar-refractivity contribution >= 4 is 28.0 Å². The van der Waals surface area contributed by atoms with E-state index in [0.29, 0.717) is 0 Å². The molecule has 1 heterocycles. The molecule has 10 aromatic rings. The lowest BCUT2D eigenvalue weighted by atomic mass is 9.67. The highest BCUT2D eigenvalue weighted by Crippen LogP contribution is 2.58. The van der Waals surface area contributed by atoms with Gasteiger partial charge in [0.25, 0.3) is 0 Å². The van der Waals surface area contributed by atoms with Crippen LogP contribution in [0.1, 0.15) is 47.2 Å². The third kappa shape index (κ3) is 5.29. The van der Waals surface area contributed by atoms with E-state index in [-0.39, 0.29) is 5.41 Å². The number of rotatable bonds is 7. The molecule has 294 valence electrons. The van der Waals surface area contributed by atoms with Crippen LogP contribution in [0.4, 0.5) is 17.1 Å². The van der Waals surface area contributed by atoms with Crippen molar-refractivity contribution in [1.82, 2.24) is 0 Å². The summed E-state index contributed by atoms with van der Waals surface area (Å²) in [6.45, 7) is 4.65. The average Bonchev–Trinajstić information content (AvgIpc) is 3.95. The maximum absolute atomic E-state index is 6.69. The van der Waals surface area contributed by atoms with Gasteiger partial charge in [-0.25, -0.2) is 0 Å². The Kier molecular flexibility index (Phi) is 8.14. The first-order valence-corrected chi connectivity index (χ1v) is 21.6. The Hall–Kier alpha value is -7.68. The fraction of sp³-hybridized carbons (Fsp3) is 0.0667. The van der Waals surface area contributed by atoms with Gasteiger partial charge in [-0.3, -0.25) is 0 Å². The minimum atomic E-state index is -0.506. The van der Waals surface area contributed by atoms with Crippen LogP contribution in [-0.2, 0) is 10.8 Å². The van der Waals surface area contributed by atoms with Crippen molar-refractivity contribution in [2.45, 2.75) is 24.7 Å². The fourth-order valence-corrected chi connectivity index (χ4v) is 10.8. The lowest BCUT2D eigenvalue weighted by Gasteiger charge is -2.35. The number of para-hydroxylation sites is 1. The van der Waals surface area contributed by atoms with Crippen molar-refractivity contribution in [2.24, 2.45) is 0 Å². The topological polar surface area (TPSA) is 16.4 Å². The summed E-state index contributed by atoms with van der Waals surface area (Å²) in [5.74, 6) is 0.991. The summed E-state index contributed by atoms with van der Waals surface area (Å²) in [5.41, 5.74) is 19.7. The minimum absolute atomic E-state index is 0.183. The largest absolute Gasteiger partial charge is 0.456 e. The van der Waals surface area contributed by atoms with Crippen molar-refractivity contribution in [3.8, 4) is 44.7 Å². The lowest BCUT2D eigenvalue weighted by molar-refractivity contribution is 0.619. The molecule has 9 aromatic carbocycles. The zero-order valence-corrected chi connectivity index (χ0v) is 34.7. The molecule has 0 saturated heterocycles. The smallest absolute Gasteiger partial charge is 0.140 e. The van der Waals surface area contributed by atoms with Gasteiger partial charge in [0.05, 0.1) is 5.41 Å². The lowest BCUT2D eigenvalue weighted by Crippen LogP contribution is -2.28. The van der Waals surface area contributed by atoms with Gasteiger partial charge >= 0.3 is 0 Å². The highest BCUT2D eigenvalue weighted by molar-refractivity contribution is 5.99. The second-order valence-electron chi connectivity index (χ2n) is 17.2. The third-order valence-corrected chi connectivity index (χ3v) is 13.6. The summed E-state index contributed by atoms with van der Waals surface area (Å²) in [6.07, 6.45) is 0. The Labute approximate surface area is 363 Å². The summed E-state index contributed by atoms with van der Waals surface area (Å²) in [7, 11) is 0. The van der Waals surface area contributed by atoms with Crippen LogP contribution in [0.25, 0.3) is 55.7 Å². The van der Waals surface area contributed by atoms with E-state index in [4.69, 9.17) is 4.42 Å². The SMILES string of the molecule is CC1(C)c2cccc(-c3ccc(N(c4ccc(-c5ccccc5)cc4)c4ccc5c(c4)C(c4ccccc4)(c4ccccc4)c4ccccc4-5)cc3)c2-c2oc3ccccc3c21. The zero-order chi connectivity index (χ0) is 41.4. The first-order valence-electron chi connectivity index (χ1n) is 21.6. The predicted octanol–water partition coefficient (Wildman–Crippen LogP) is 15.9. The van der Waals surface area contributed by atoms with E-state index < -0.39 is 5.41 Å². The van der Waals surface area contributed by atoms with Crippen molar-refractivity contribution in [3.63, 3.8) is 0 Å². The maximum atomic E-state index is 6.69. The predicted molar refractivity (Wildman–Crippen MR) is 257 cm³/mol. The molecule has 2 aliphatic rings. The quantitative estimate of drug-likeness (QED) is 0.160. The van der Waals surface area contributed by atoms with Gasteiger partial charge in [-0.2, -0.15) is 0 Å². The molecular formula is C60H43NO. The van der Waals surface area contributed by atoms with Crippen LogP contribution in [0.5, 0.6) is 0 Å². The standard InChI is InChI=1S/C60H43NO/c1-59(2)53-27-16-25-48(56(53)58-57(59)51-24-13-15-28-55(51)62-58)42-31-35-46(36-32-42)61(45-33-29-41(30-34-45)40-17-6-3-7-18-40)47-37-38-50-49-23-12-14-26-52(49)60(54(50)39-47,43-19-8-4-9-20-43)44-21-10-5-11-22-44/h3-39H,1-2H3. The molecule has 2 aliphatic carbocycles. The van der Waals surface area contributed by atoms with Crippen molar-refractivity contribution in [2.75, 3.05) is 4.90 Å². The molecule has 2 heteroatoms. The molecule has 0 aliphatic heterocycles. The molecule has 0 amide bonds. The molecule has 62 heavy (non-hydrogen) atoms. The molecule has 0 N–H and O–H groups in total. The molecule has 1 aromatic heterocycles. The zero-order valence-electron chi connectivity index (χ0n) is 34.7. The van der Waals surface area contributed by atoms with Crippen LogP contribution in [0.3, 0.4) is 0 Å². The molecule has 0 atom stereocenters. The van der Waals surface area contributed by atoms with Gasteiger partial charge in [-0.05, 0) is 104 Å². The number of hydrogen-bond acceptors (Lipinski definition) is 2. The number of hydrogen-bond donors (Lipinski definition) is 0. The molecule has 0 radical (unpaired) electrons. The van der Waals surface area contributed by atoms with E-state index in [2.05, 4.69) is 243 Å². The normalized spacial score (nSPS) is 13.9. The molecule has 0 saturated carbocycles. The van der Waals surface area contributed by atoms with E-state index in [0.717, 1.165) is 34.0 Å². The Morgan fingerprint density at radius 2 is 0.903 bits per heavy atom. The summed E-state index contributed by atoms with van der Waals surface area (Å²) in [4.78, 5) is 2.42.